The van der Waals surface area contributed by atoms with Crippen molar-refractivity contribution in [3.8, 4) is 56.8 Å². The van der Waals surface area contributed by atoms with E-state index in [4.69, 9.17) is 0 Å². The Balaban J connectivity index is 0.845. The summed E-state index contributed by atoms with van der Waals surface area (Å²) in [6.45, 7) is 0. The van der Waals surface area contributed by atoms with E-state index in [-0.39, 0.29) is 12.0 Å². The molecule has 0 saturated carbocycles. The zero-order chi connectivity index (χ0) is 54.3. The summed E-state index contributed by atoms with van der Waals surface area (Å²) in [4.78, 5) is 2.54. The lowest BCUT2D eigenvalue weighted by Gasteiger charge is -2.28. The Bertz CT molecular complexity index is 5220. The predicted molar refractivity (Wildman–Crippen MR) is 347 cm³/mol. The van der Waals surface area contributed by atoms with E-state index in [9.17, 15) is 0 Å². The minimum atomic E-state index is -0.121. The second kappa shape index (κ2) is 17.7. The van der Waals surface area contributed by atoms with E-state index in [1.807, 2.05) is 0 Å². The van der Waals surface area contributed by atoms with Crippen LogP contribution in [0.25, 0.3) is 132 Å². The van der Waals surface area contributed by atoms with Crippen molar-refractivity contribution >= 4 is 98.6 Å². The Labute approximate surface area is 478 Å². The van der Waals surface area contributed by atoms with Crippen molar-refractivity contribution in [2.45, 2.75) is 12.0 Å². The maximum atomic E-state index is 3.76. The van der Waals surface area contributed by atoms with Gasteiger partial charge in [-0.3, -0.25) is 0 Å². The molecule has 2 aliphatic rings. The predicted octanol–water partition coefficient (Wildman–Crippen LogP) is 19.6. The molecule has 0 fully saturated rings. The molecule has 83 heavy (non-hydrogen) atoms. The van der Waals surface area contributed by atoms with Gasteiger partial charge >= 0.3 is 0 Å². The molecule has 5 heterocycles. The summed E-state index contributed by atoms with van der Waals surface area (Å²) >= 11 is 0. The van der Waals surface area contributed by atoms with Crippen LogP contribution < -0.4 is 4.90 Å². The van der Waals surface area contributed by atoms with Crippen molar-refractivity contribution in [2.75, 3.05) is 4.90 Å². The van der Waals surface area contributed by atoms with Gasteiger partial charge in [0.05, 0.1) is 66.9 Å². The number of para-hydroxylation sites is 9. The number of benzene rings is 12. The lowest BCUT2D eigenvalue weighted by Crippen LogP contribution is -2.29. The molecule has 18 rings (SSSR count). The van der Waals surface area contributed by atoms with Gasteiger partial charge in [0, 0.05) is 71.5 Å². The molecule has 1 unspecified atom stereocenters. The summed E-state index contributed by atoms with van der Waals surface area (Å²) in [5, 5.41) is 9.84. The third-order valence-corrected chi connectivity index (χ3v) is 17.9. The Morgan fingerprint density at radius 3 is 1.18 bits per heavy atom. The Morgan fingerprint density at radius 2 is 0.675 bits per heavy atom. The molecule has 0 radical (unpaired) electrons. The summed E-state index contributed by atoms with van der Waals surface area (Å²) in [5.74, 6) is 7.27. The van der Waals surface area contributed by atoms with E-state index in [2.05, 4.69) is 320 Å². The molecule has 5 heteroatoms. The highest BCUT2D eigenvalue weighted by molar-refractivity contribution is 6.17. The largest absolute Gasteiger partial charge is 0.326 e. The molecule has 0 saturated heterocycles. The molecule has 386 valence electrons. The van der Waals surface area contributed by atoms with Crippen LogP contribution in [0.3, 0.4) is 0 Å². The molecular formula is C78H49N5. The first-order valence-corrected chi connectivity index (χ1v) is 28.7. The number of hydrogen-bond acceptors (Lipinski definition) is 1. The number of rotatable bonds is 7. The van der Waals surface area contributed by atoms with E-state index in [1.54, 1.807) is 0 Å². The van der Waals surface area contributed by atoms with Gasteiger partial charge in [-0.25, -0.2) is 0 Å². The SMILES string of the molecule is C1#C[C@@H]2C(C=C1)c1ccc(-c3cccc4c3c3ccccc3n4-c3ccccc3-c3ccccc3-n3c4ccccc4c4ccccc43)cc1N2c1cc(-n2c3ccccc3c3ccccc32)cc(-n2c3ccccc3c3ccccc32)c1. The molecule has 0 N–H and O–H groups in total. The van der Waals surface area contributed by atoms with Crippen LogP contribution in [-0.2, 0) is 0 Å². The van der Waals surface area contributed by atoms with Gasteiger partial charge in [0.1, 0.15) is 6.04 Å². The van der Waals surface area contributed by atoms with Crippen LogP contribution in [0.5, 0.6) is 0 Å². The molecule has 2 atom stereocenters. The average Bonchev–Trinajstić information content (AvgIpc) is 4.45. The highest BCUT2D eigenvalue weighted by Crippen LogP contribution is 2.51. The summed E-state index contributed by atoms with van der Waals surface area (Å²) in [7, 11) is 0. The minimum Gasteiger partial charge on any atom is -0.326 e. The van der Waals surface area contributed by atoms with Crippen LogP contribution in [0, 0.1) is 11.8 Å². The first-order chi connectivity index (χ1) is 41.2. The van der Waals surface area contributed by atoms with Gasteiger partial charge < -0.3 is 23.2 Å². The number of hydrogen-bond donors (Lipinski definition) is 0. The van der Waals surface area contributed by atoms with Gasteiger partial charge in [0.25, 0.3) is 0 Å². The molecule has 0 spiro atoms. The zero-order valence-corrected chi connectivity index (χ0v) is 45.0. The number of aromatic nitrogens is 4. The Morgan fingerprint density at radius 1 is 0.289 bits per heavy atom. The van der Waals surface area contributed by atoms with E-state index < -0.39 is 0 Å². The highest BCUT2D eigenvalue weighted by atomic mass is 15.2. The van der Waals surface area contributed by atoms with E-state index in [0.29, 0.717) is 0 Å². The van der Waals surface area contributed by atoms with Crippen molar-refractivity contribution in [1.29, 1.82) is 0 Å². The van der Waals surface area contributed by atoms with Crippen molar-refractivity contribution in [2.24, 2.45) is 0 Å². The van der Waals surface area contributed by atoms with E-state index >= 15 is 0 Å². The smallest absolute Gasteiger partial charge is 0.106 e. The molecule has 12 aromatic carbocycles. The summed E-state index contributed by atoms with van der Waals surface area (Å²) in [6.07, 6.45) is 4.37. The topological polar surface area (TPSA) is 23.0 Å². The van der Waals surface area contributed by atoms with Gasteiger partial charge in [-0.1, -0.05) is 206 Å². The monoisotopic (exact) mass is 1060 g/mol. The summed E-state index contributed by atoms with van der Waals surface area (Å²) in [6, 6.07) is 101. The molecular weight excluding hydrogens is 1010 g/mol. The number of nitrogens with zero attached hydrogens (tertiary/aromatic N) is 5. The standard InChI is InChI=1S/C78H49N5/c1-11-33-66-55(22-1)56-23-2-12-34-67(56)79(66)51-47-52(80-68-35-13-3-24-57(68)58-25-4-14-36-69(58)80)49-53(48-51)81-70-37-15-5-30-63(70)64-45-44-50(46-77(64)81)54-32-21-43-76-78(54)65-31-10-20-42-75(65)83(76)74-41-19-9-29-62(74)61-28-8-18-40-73(61)82-71-38-16-6-26-59(71)60-27-7-17-39-72(60)82/h1-14,16-36,38-49,63,70H/t63?,70-/m1/s1. The lowest BCUT2D eigenvalue weighted by molar-refractivity contribution is 0.768. The van der Waals surface area contributed by atoms with Crippen molar-refractivity contribution in [1.82, 2.24) is 18.3 Å². The highest BCUT2D eigenvalue weighted by Gasteiger charge is 2.39. The molecule has 1 aliphatic heterocycles. The average molecular weight is 1060 g/mol. The molecule has 1 aliphatic carbocycles. The second-order valence-corrected chi connectivity index (χ2v) is 22.2. The van der Waals surface area contributed by atoms with Gasteiger partial charge in [0.15, 0.2) is 0 Å². The fourth-order valence-corrected chi connectivity index (χ4v) is 14.5. The maximum absolute atomic E-state index is 3.76. The molecule has 16 aromatic rings. The van der Waals surface area contributed by atoms with Gasteiger partial charge in [-0.2, -0.15) is 0 Å². The van der Waals surface area contributed by atoms with Crippen LogP contribution in [0.1, 0.15) is 11.5 Å². The fourth-order valence-electron chi connectivity index (χ4n) is 14.5. The van der Waals surface area contributed by atoms with Gasteiger partial charge in [0.2, 0.25) is 0 Å². The van der Waals surface area contributed by atoms with E-state index in [1.165, 1.54) is 93.0 Å². The van der Waals surface area contributed by atoms with Crippen LogP contribution in [-0.4, -0.2) is 24.3 Å². The van der Waals surface area contributed by atoms with Crippen molar-refractivity contribution in [3.05, 3.63) is 291 Å². The first-order valence-electron chi connectivity index (χ1n) is 28.7. The minimum absolute atomic E-state index is 0.0773. The summed E-state index contributed by atoms with van der Waals surface area (Å²) in [5.41, 5.74) is 22.0. The number of allylic oxidation sites excluding steroid dienone is 1. The number of anilines is 2. The Kier molecular flexibility index (Phi) is 9.77. The molecule has 0 bridgehead atoms. The fraction of sp³-hybridized carbons (Fsp3) is 0.0256. The number of fused-ring (bicyclic) bond motifs is 15. The zero-order valence-electron chi connectivity index (χ0n) is 45.0. The second-order valence-electron chi connectivity index (χ2n) is 22.2. The van der Waals surface area contributed by atoms with Crippen LogP contribution in [0.2, 0.25) is 0 Å². The van der Waals surface area contributed by atoms with Crippen molar-refractivity contribution in [3.63, 3.8) is 0 Å². The van der Waals surface area contributed by atoms with Gasteiger partial charge in [-0.15, -0.1) is 0 Å². The summed E-state index contributed by atoms with van der Waals surface area (Å²) < 4.78 is 9.86. The van der Waals surface area contributed by atoms with E-state index in [0.717, 1.165) is 56.2 Å². The molecule has 5 nitrogen and oxygen atoms in total. The van der Waals surface area contributed by atoms with Crippen molar-refractivity contribution < 1.29 is 0 Å². The molecule has 0 amide bonds. The lowest BCUT2D eigenvalue weighted by atomic mass is 9.91. The molecule has 4 aromatic heterocycles. The van der Waals surface area contributed by atoms with Crippen LogP contribution in [0.15, 0.2) is 285 Å². The van der Waals surface area contributed by atoms with Crippen LogP contribution in [0.4, 0.5) is 11.4 Å². The Hall–Kier alpha value is -11.1. The quantitative estimate of drug-likeness (QED) is 0.146. The normalized spacial score (nSPS) is 14.7. The van der Waals surface area contributed by atoms with Crippen LogP contribution >= 0.6 is 0 Å². The maximum Gasteiger partial charge on any atom is 0.106 e. The van der Waals surface area contributed by atoms with Gasteiger partial charge in [-0.05, 0) is 108 Å². The third kappa shape index (κ3) is 6.60. The first kappa shape index (κ1) is 45.8. The third-order valence-electron chi connectivity index (χ3n) is 17.9.